The van der Waals surface area contributed by atoms with Crippen LogP contribution in [0.2, 0.25) is 10.2 Å². The van der Waals surface area contributed by atoms with E-state index in [0.29, 0.717) is 47.7 Å². The van der Waals surface area contributed by atoms with E-state index in [1.165, 1.54) is 10.6 Å². The van der Waals surface area contributed by atoms with Crippen LogP contribution >= 0.6 is 23.2 Å². The van der Waals surface area contributed by atoms with Gasteiger partial charge in [-0.2, -0.15) is 5.26 Å². The molecular weight excluding hydrogens is 499 g/mol. The zero-order valence-electron chi connectivity index (χ0n) is 20.5. The number of pyridine rings is 3. The molecule has 1 unspecified atom stereocenters. The predicted molar refractivity (Wildman–Crippen MR) is 142 cm³/mol. The fourth-order valence-corrected chi connectivity index (χ4v) is 5.06. The van der Waals surface area contributed by atoms with Crippen molar-refractivity contribution in [1.29, 1.82) is 5.26 Å². The van der Waals surface area contributed by atoms with Gasteiger partial charge >= 0.3 is 0 Å². The maximum atomic E-state index is 14.0. The zero-order valence-corrected chi connectivity index (χ0v) is 22.1. The lowest BCUT2D eigenvalue weighted by molar-refractivity contribution is -0.128. The summed E-state index contributed by atoms with van der Waals surface area (Å²) in [5.41, 5.74) is 2.27. The summed E-state index contributed by atoms with van der Waals surface area (Å²) < 4.78 is 1.43. The molecule has 1 aliphatic rings. The summed E-state index contributed by atoms with van der Waals surface area (Å²) >= 11 is 12.7. The summed E-state index contributed by atoms with van der Waals surface area (Å²) in [5, 5.41) is 11.0. The highest BCUT2D eigenvalue weighted by molar-refractivity contribution is 6.41. The van der Waals surface area contributed by atoms with Gasteiger partial charge in [-0.25, -0.2) is 4.98 Å². The molecule has 4 rings (SSSR count). The number of amides is 1. The third-order valence-corrected chi connectivity index (χ3v) is 7.14. The highest BCUT2D eigenvalue weighted by Crippen LogP contribution is 2.36. The molecule has 3 aromatic rings. The number of anilines is 1. The molecule has 186 valence electrons. The lowest BCUT2D eigenvalue weighted by Crippen LogP contribution is -2.54. The normalized spacial score (nSPS) is 15.9. The average Bonchev–Trinajstić information content (AvgIpc) is 2.84. The molecule has 0 N–H and O–H groups in total. The van der Waals surface area contributed by atoms with Crippen molar-refractivity contribution in [3.8, 4) is 11.8 Å². The summed E-state index contributed by atoms with van der Waals surface area (Å²) in [7, 11) is 0. The van der Waals surface area contributed by atoms with E-state index in [4.69, 9.17) is 23.2 Å². The van der Waals surface area contributed by atoms with E-state index in [1.54, 1.807) is 17.2 Å². The largest absolute Gasteiger partial charge is 0.366 e. The van der Waals surface area contributed by atoms with Gasteiger partial charge in [0.2, 0.25) is 5.91 Å². The number of hydrogen-bond donors (Lipinski definition) is 0. The van der Waals surface area contributed by atoms with Crippen LogP contribution in [0.3, 0.4) is 0 Å². The van der Waals surface area contributed by atoms with Crippen LogP contribution in [-0.2, 0) is 4.79 Å². The van der Waals surface area contributed by atoms with Gasteiger partial charge < -0.3 is 9.80 Å². The molecule has 8 nitrogen and oxygen atoms in total. The maximum absolute atomic E-state index is 14.0. The van der Waals surface area contributed by atoms with Gasteiger partial charge in [0.15, 0.2) is 5.65 Å². The monoisotopic (exact) mass is 524 g/mol. The number of nitriles is 1. The molecule has 1 fully saturated rings. The minimum atomic E-state index is -0.513. The van der Waals surface area contributed by atoms with E-state index in [1.807, 2.05) is 38.7 Å². The number of piperazine rings is 1. The van der Waals surface area contributed by atoms with Crippen LogP contribution < -0.4 is 10.5 Å². The lowest BCUT2D eigenvalue weighted by atomic mass is 10.0. The lowest BCUT2D eigenvalue weighted by Gasteiger charge is -2.41. The second-order valence-corrected chi connectivity index (χ2v) is 9.92. The Bertz CT molecular complexity index is 1490. The number of rotatable bonds is 4. The van der Waals surface area contributed by atoms with E-state index in [0.717, 1.165) is 5.56 Å². The topological polar surface area (TPSA) is 95.1 Å². The number of carbonyl (C=O) groups excluding carboxylic acids is 1. The number of nitrogens with zero attached hydrogens (tertiary/aromatic N) is 6. The van der Waals surface area contributed by atoms with Crippen molar-refractivity contribution < 1.29 is 4.79 Å². The molecule has 36 heavy (non-hydrogen) atoms. The highest BCUT2D eigenvalue weighted by Gasteiger charge is 2.31. The molecule has 10 heteroatoms. The van der Waals surface area contributed by atoms with Crippen LogP contribution in [0.1, 0.15) is 43.5 Å². The molecule has 1 atom stereocenters. The Morgan fingerprint density at radius 1 is 1.31 bits per heavy atom. The van der Waals surface area contributed by atoms with Gasteiger partial charge in [0.25, 0.3) is 5.56 Å². The maximum Gasteiger partial charge on any atom is 0.276 e. The first-order chi connectivity index (χ1) is 17.1. The van der Waals surface area contributed by atoms with Crippen molar-refractivity contribution in [2.45, 2.75) is 39.7 Å². The van der Waals surface area contributed by atoms with Crippen molar-refractivity contribution in [3.63, 3.8) is 0 Å². The smallest absolute Gasteiger partial charge is 0.276 e. The van der Waals surface area contributed by atoms with Crippen LogP contribution in [-0.4, -0.2) is 51.0 Å². The standard InChI is InChI=1S/C26H26Cl2N6O2/c1-6-20(35)33-10-9-32(13-16(33)5)23-17-11-19(27)24(28)31-25(17)34(26(36)18(23)12-29)22-15(4)7-8-30-21(22)14(2)3/h6-8,11,14,16H,1,9-10,13H2,2-5H3. The molecular formula is C26H26Cl2N6O2. The Morgan fingerprint density at radius 2 is 2.03 bits per heavy atom. The SMILES string of the molecule is C=CC(=O)N1CCN(c2c(C#N)c(=O)n(-c3c(C)ccnc3C(C)C)c3nc(Cl)c(Cl)cc23)CC1C. The number of aromatic nitrogens is 3. The Morgan fingerprint density at radius 3 is 2.64 bits per heavy atom. The third-order valence-electron chi connectivity index (χ3n) is 6.47. The fraction of sp³-hybridized carbons (Fsp3) is 0.346. The minimum Gasteiger partial charge on any atom is -0.366 e. The molecule has 3 aromatic heterocycles. The summed E-state index contributed by atoms with van der Waals surface area (Å²) in [5.74, 6) is -0.154. The van der Waals surface area contributed by atoms with Gasteiger partial charge in [0, 0.05) is 37.3 Å². The van der Waals surface area contributed by atoms with E-state index in [2.05, 4.69) is 22.6 Å². The van der Waals surface area contributed by atoms with Gasteiger partial charge in [-0.05, 0) is 43.5 Å². The average molecular weight is 525 g/mol. The van der Waals surface area contributed by atoms with E-state index < -0.39 is 5.56 Å². The fourth-order valence-electron chi connectivity index (χ4n) is 4.77. The van der Waals surface area contributed by atoms with Crippen molar-refractivity contribution in [3.05, 3.63) is 68.3 Å². The quantitative estimate of drug-likeness (QED) is 0.365. The second kappa shape index (κ2) is 9.92. The van der Waals surface area contributed by atoms with Crippen molar-refractivity contribution in [2.75, 3.05) is 24.5 Å². The number of halogens is 2. The molecule has 0 saturated carbocycles. The van der Waals surface area contributed by atoms with Crippen molar-refractivity contribution in [2.24, 2.45) is 0 Å². The van der Waals surface area contributed by atoms with Gasteiger partial charge in [-0.3, -0.25) is 19.1 Å². The van der Waals surface area contributed by atoms with Crippen molar-refractivity contribution in [1.82, 2.24) is 19.4 Å². The Labute approximate surface area is 219 Å². The third kappa shape index (κ3) is 4.23. The zero-order chi connectivity index (χ0) is 26.3. The number of aryl methyl sites for hydroxylation is 1. The first kappa shape index (κ1) is 25.7. The predicted octanol–water partition coefficient (Wildman–Crippen LogP) is 4.61. The Kier molecular flexibility index (Phi) is 7.07. The Balaban J connectivity index is 2.06. The number of hydrogen-bond acceptors (Lipinski definition) is 6. The number of carbonyl (C=O) groups is 1. The summed E-state index contributed by atoms with van der Waals surface area (Å²) in [6.07, 6.45) is 2.99. The van der Waals surface area contributed by atoms with Gasteiger partial charge in [-0.1, -0.05) is 43.6 Å². The minimum absolute atomic E-state index is 0.00570. The van der Waals surface area contributed by atoms with E-state index in [-0.39, 0.29) is 33.6 Å². The molecule has 1 saturated heterocycles. The molecule has 0 aliphatic carbocycles. The Hall–Kier alpha value is -3.41. The van der Waals surface area contributed by atoms with Gasteiger partial charge in [-0.15, -0.1) is 0 Å². The molecule has 4 heterocycles. The summed E-state index contributed by atoms with van der Waals surface area (Å²) in [6, 6.07) is 5.42. The molecule has 0 radical (unpaired) electrons. The van der Waals surface area contributed by atoms with Crippen molar-refractivity contribution >= 4 is 45.8 Å². The molecule has 0 bridgehead atoms. The first-order valence-electron chi connectivity index (χ1n) is 11.6. The molecule has 0 aromatic carbocycles. The molecule has 1 amide bonds. The first-order valence-corrected chi connectivity index (χ1v) is 12.3. The van der Waals surface area contributed by atoms with Gasteiger partial charge in [0.05, 0.1) is 22.1 Å². The van der Waals surface area contributed by atoms with Crippen LogP contribution in [0.25, 0.3) is 16.7 Å². The van der Waals surface area contributed by atoms with E-state index >= 15 is 0 Å². The van der Waals surface area contributed by atoms with Crippen LogP contribution in [0.5, 0.6) is 0 Å². The van der Waals surface area contributed by atoms with E-state index in [9.17, 15) is 14.9 Å². The van der Waals surface area contributed by atoms with Crippen LogP contribution in [0.15, 0.2) is 35.8 Å². The van der Waals surface area contributed by atoms with Crippen LogP contribution in [0.4, 0.5) is 5.69 Å². The number of fused-ring (bicyclic) bond motifs is 1. The van der Waals surface area contributed by atoms with Gasteiger partial charge in [0.1, 0.15) is 16.8 Å². The highest BCUT2D eigenvalue weighted by atomic mass is 35.5. The summed E-state index contributed by atoms with van der Waals surface area (Å²) in [6.45, 7) is 12.6. The molecule has 1 aliphatic heterocycles. The molecule has 0 spiro atoms. The summed E-state index contributed by atoms with van der Waals surface area (Å²) in [4.78, 5) is 38.9. The van der Waals surface area contributed by atoms with Crippen LogP contribution in [0, 0.1) is 18.3 Å². The second-order valence-electron chi connectivity index (χ2n) is 9.16.